The second-order valence-electron chi connectivity index (χ2n) is 14.6. The van der Waals surface area contributed by atoms with Gasteiger partial charge in [0.15, 0.2) is 0 Å². The zero-order valence-electron chi connectivity index (χ0n) is 27.7. The number of hydrogen-bond donors (Lipinski definition) is 2. The van der Waals surface area contributed by atoms with Gasteiger partial charge in [-0.25, -0.2) is 0 Å². The molecule has 3 aromatic rings. The standard InChI is InChI=1S/C39H47N3O4/c1-37(2,3)29-17-15-27(16-18-29)32-30(13-10-14-31(32)46-4)34(43)41-39-22-19-38(20-23-39,21-24-39)36(45)40-33(28-11-6-5-7-12-28)35(44)42-25-8-9-26-42/h5-7,10-18,33H,8-9,19-26H2,1-4H3,(H,40,45)(H,41,43)/t33-,38?,39?/m0/s1. The van der Waals surface area contributed by atoms with Crippen LogP contribution in [0.3, 0.4) is 0 Å². The largest absolute Gasteiger partial charge is 0.496 e. The number of amides is 3. The average Bonchev–Trinajstić information content (AvgIpc) is 3.62. The molecule has 3 amide bonds. The Labute approximate surface area is 273 Å². The molecule has 4 aliphatic rings. The van der Waals surface area contributed by atoms with Crippen molar-refractivity contribution in [2.24, 2.45) is 5.41 Å². The van der Waals surface area contributed by atoms with E-state index in [0.717, 1.165) is 61.9 Å². The normalized spacial score (nSPS) is 23.1. The van der Waals surface area contributed by atoms with E-state index in [1.165, 1.54) is 5.56 Å². The SMILES string of the molecule is COc1cccc(C(=O)NC23CCC(C(=O)N[C@H](C(=O)N4CCCC4)c4ccccc4)(CC2)CC3)c1-c1ccc(C(C)(C)C)cc1. The molecular formula is C39H47N3O4. The van der Waals surface area contributed by atoms with Crippen LogP contribution in [0.1, 0.15) is 99.7 Å². The number of methoxy groups -OCH3 is 1. The maximum atomic E-state index is 14.0. The fourth-order valence-electron chi connectivity index (χ4n) is 7.68. The third-order valence-corrected chi connectivity index (χ3v) is 10.7. The van der Waals surface area contributed by atoms with Crippen LogP contribution in [0.25, 0.3) is 11.1 Å². The summed E-state index contributed by atoms with van der Waals surface area (Å²) in [6, 6.07) is 22.9. The minimum Gasteiger partial charge on any atom is -0.496 e. The lowest BCUT2D eigenvalue weighted by Gasteiger charge is -2.52. The summed E-state index contributed by atoms with van der Waals surface area (Å²) in [7, 11) is 1.64. The lowest BCUT2D eigenvalue weighted by atomic mass is 9.56. The van der Waals surface area contributed by atoms with E-state index in [-0.39, 0.29) is 28.7 Å². The van der Waals surface area contributed by atoms with Gasteiger partial charge < -0.3 is 20.3 Å². The molecule has 0 unspecified atom stereocenters. The predicted molar refractivity (Wildman–Crippen MR) is 181 cm³/mol. The molecule has 4 fully saturated rings. The number of likely N-dealkylation sites (tertiary alicyclic amines) is 1. The third kappa shape index (κ3) is 6.16. The molecule has 2 bridgehead atoms. The van der Waals surface area contributed by atoms with E-state index >= 15 is 0 Å². The summed E-state index contributed by atoms with van der Waals surface area (Å²) in [5, 5.41) is 6.62. The van der Waals surface area contributed by atoms with Gasteiger partial charge in [0, 0.05) is 29.6 Å². The Morgan fingerprint density at radius 3 is 2.02 bits per heavy atom. The molecule has 1 heterocycles. The Bertz CT molecular complexity index is 1560. The number of carbonyl (C=O) groups excluding carboxylic acids is 3. The molecule has 7 nitrogen and oxygen atoms in total. The van der Waals surface area contributed by atoms with Crippen molar-refractivity contribution < 1.29 is 19.1 Å². The Morgan fingerprint density at radius 1 is 0.804 bits per heavy atom. The summed E-state index contributed by atoms with van der Waals surface area (Å²) in [6.45, 7) is 8.04. The van der Waals surface area contributed by atoms with Gasteiger partial charge in [-0.05, 0) is 85.6 Å². The summed E-state index contributed by atoms with van der Waals surface area (Å²) < 4.78 is 5.74. The van der Waals surface area contributed by atoms with Crippen molar-refractivity contribution in [3.8, 4) is 16.9 Å². The van der Waals surface area contributed by atoms with E-state index in [9.17, 15) is 14.4 Å². The molecule has 1 saturated heterocycles. The summed E-state index contributed by atoms with van der Waals surface area (Å²) in [5.41, 5.74) is 3.49. The van der Waals surface area contributed by atoms with Crippen molar-refractivity contribution in [1.82, 2.24) is 15.5 Å². The van der Waals surface area contributed by atoms with Crippen LogP contribution >= 0.6 is 0 Å². The predicted octanol–water partition coefficient (Wildman–Crippen LogP) is 6.96. The first-order chi connectivity index (χ1) is 22.0. The lowest BCUT2D eigenvalue weighted by Crippen LogP contribution is -2.60. The zero-order valence-corrected chi connectivity index (χ0v) is 27.7. The van der Waals surface area contributed by atoms with Gasteiger partial charge in [-0.3, -0.25) is 14.4 Å². The van der Waals surface area contributed by atoms with E-state index in [4.69, 9.17) is 4.74 Å². The first kappa shape index (κ1) is 31.8. The van der Waals surface area contributed by atoms with Crippen LogP contribution in [0.4, 0.5) is 0 Å². The van der Waals surface area contributed by atoms with E-state index < -0.39 is 11.5 Å². The highest BCUT2D eigenvalue weighted by Gasteiger charge is 2.53. The van der Waals surface area contributed by atoms with Crippen LogP contribution in [0, 0.1) is 5.41 Å². The van der Waals surface area contributed by atoms with Crippen molar-refractivity contribution in [3.63, 3.8) is 0 Å². The second kappa shape index (κ2) is 12.6. The fourth-order valence-corrected chi connectivity index (χ4v) is 7.68. The molecule has 7 heteroatoms. The van der Waals surface area contributed by atoms with Crippen molar-refractivity contribution >= 4 is 17.7 Å². The summed E-state index contributed by atoms with van der Waals surface area (Å²) in [4.78, 5) is 43.5. The number of rotatable bonds is 8. The summed E-state index contributed by atoms with van der Waals surface area (Å²) in [6.07, 6.45) is 6.21. The highest BCUT2D eigenvalue weighted by atomic mass is 16.5. The van der Waals surface area contributed by atoms with Gasteiger partial charge in [0.1, 0.15) is 11.8 Å². The Morgan fingerprint density at radius 2 is 1.43 bits per heavy atom. The minimum atomic E-state index is -0.682. The van der Waals surface area contributed by atoms with Gasteiger partial charge in [-0.2, -0.15) is 0 Å². The molecule has 46 heavy (non-hydrogen) atoms. The molecule has 7 rings (SSSR count). The van der Waals surface area contributed by atoms with Crippen molar-refractivity contribution in [3.05, 3.63) is 89.5 Å². The van der Waals surface area contributed by atoms with Crippen LogP contribution in [-0.2, 0) is 15.0 Å². The first-order valence-electron chi connectivity index (χ1n) is 16.8. The van der Waals surface area contributed by atoms with Gasteiger partial charge in [-0.1, -0.05) is 81.4 Å². The maximum absolute atomic E-state index is 14.0. The van der Waals surface area contributed by atoms with E-state index in [2.05, 4.69) is 55.7 Å². The van der Waals surface area contributed by atoms with Gasteiger partial charge >= 0.3 is 0 Å². The molecule has 1 aliphatic heterocycles. The number of nitrogens with zero attached hydrogens (tertiary/aromatic N) is 1. The van der Waals surface area contributed by atoms with E-state index in [1.807, 2.05) is 53.4 Å². The molecule has 3 saturated carbocycles. The molecule has 0 spiro atoms. The lowest BCUT2D eigenvalue weighted by molar-refractivity contribution is -0.143. The highest BCUT2D eigenvalue weighted by Crippen LogP contribution is 2.53. The Balaban J connectivity index is 1.17. The number of fused-ring (bicyclic) bond motifs is 3. The molecule has 2 N–H and O–H groups in total. The molecule has 3 aliphatic carbocycles. The highest BCUT2D eigenvalue weighted by molar-refractivity contribution is 6.03. The number of nitrogens with one attached hydrogen (secondary N) is 2. The molecular weight excluding hydrogens is 574 g/mol. The molecule has 3 aromatic carbocycles. The molecule has 242 valence electrons. The quantitative estimate of drug-likeness (QED) is 0.285. The smallest absolute Gasteiger partial charge is 0.252 e. The van der Waals surface area contributed by atoms with Crippen LogP contribution in [-0.4, -0.2) is 48.4 Å². The molecule has 1 atom stereocenters. The van der Waals surface area contributed by atoms with E-state index in [1.54, 1.807) is 7.11 Å². The van der Waals surface area contributed by atoms with Gasteiger partial charge in [-0.15, -0.1) is 0 Å². The summed E-state index contributed by atoms with van der Waals surface area (Å²) in [5.74, 6) is 0.479. The Kier molecular flexibility index (Phi) is 8.70. The van der Waals surface area contributed by atoms with Crippen LogP contribution in [0.5, 0.6) is 5.75 Å². The van der Waals surface area contributed by atoms with Crippen LogP contribution in [0.2, 0.25) is 0 Å². The monoisotopic (exact) mass is 621 g/mol. The van der Waals surface area contributed by atoms with Gasteiger partial charge in [0.05, 0.1) is 12.7 Å². The van der Waals surface area contributed by atoms with Crippen LogP contribution in [0.15, 0.2) is 72.8 Å². The minimum absolute atomic E-state index is 0.0242. The Hall–Kier alpha value is -4.13. The van der Waals surface area contributed by atoms with Crippen molar-refractivity contribution in [2.75, 3.05) is 20.2 Å². The number of benzene rings is 3. The number of carbonyl (C=O) groups is 3. The topological polar surface area (TPSA) is 87.7 Å². The first-order valence-corrected chi connectivity index (χ1v) is 16.8. The van der Waals surface area contributed by atoms with Crippen molar-refractivity contribution in [1.29, 1.82) is 0 Å². The second-order valence-corrected chi connectivity index (χ2v) is 14.6. The van der Waals surface area contributed by atoms with E-state index in [0.29, 0.717) is 30.6 Å². The third-order valence-electron chi connectivity index (χ3n) is 10.7. The summed E-state index contributed by atoms with van der Waals surface area (Å²) >= 11 is 0. The number of ether oxygens (including phenoxy) is 1. The fraction of sp³-hybridized carbons (Fsp3) is 0.462. The van der Waals surface area contributed by atoms with Gasteiger partial charge in [0.25, 0.3) is 5.91 Å². The van der Waals surface area contributed by atoms with Gasteiger partial charge in [0.2, 0.25) is 11.8 Å². The molecule has 0 aromatic heterocycles. The average molecular weight is 622 g/mol. The molecule has 0 radical (unpaired) electrons. The zero-order chi connectivity index (χ0) is 32.5. The number of hydrogen-bond acceptors (Lipinski definition) is 4. The maximum Gasteiger partial charge on any atom is 0.252 e. The van der Waals surface area contributed by atoms with Crippen LogP contribution < -0.4 is 15.4 Å². The van der Waals surface area contributed by atoms with Crippen molar-refractivity contribution in [2.45, 2.75) is 89.1 Å².